The van der Waals surface area contributed by atoms with E-state index in [1.165, 1.54) is 0 Å². The molecule has 2 N–H and O–H groups in total. The van der Waals surface area contributed by atoms with Crippen LogP contribution in [0.2, 0.25) is 5.02 Å². The van der Waals surface area contributed by atoms with Gasteiger partial charge in [-0.1, -0.05) is 24.9 Å². The van der Waals surface area contributed by atoms with Gasteiger partial charge in [0, 0.05) is 24.7 Å². The number of ether oxygens (including phenoxy) is 2. The number of hydrogen-bond acceptors (Lipinski definition) is 4. The van der Waals surface area contributed by atoms with Gasteiger partial charge in [0.05, 0.1) is 18.7 Å². The summed E-state index contributed by atoms with van der Waals surface area (Å²) in [7, 11) is 1.54. The van der Waals surface area contributed by atoms with E-state index >= 15 is 0 Å². The maximum Gasteiger partial charge on any atom is 0.254 e. The SMILES string of the molecule is CCCCOc1c(Cl)cc(C(=O)N2CCC(N)C2)cc1OC. The molecule has 1 aliphatic heterocycles. The highest BCUT2D eigenvalue weighted by Gasteiger charge is 2.26. The second-order valence-electron chi connectivity index (χ2n) is 5.49. The normalized spacial score (nSPS) is 17.6. The van der Waals surface area contributed by atoms with Gasteiger partial charge in [0.1, 0.15) is 0 Å². The van der Waals surface area contributed by atoms with Crippen LogP contribution in [0.15, 0.2) is 12.1 Å². The highest BCUT2D eigenvalue weighted by Crippen LogP contribution is 2.37. The van der Waals surface area contributed by atoms with Crippen molar-refractivity contribution in [1.29, 1.82) is 0 Å². The van der Waals surface area contributed by atoms with E-state index in [-0.39, 0.29) is 11.9 Å². The third-order valence-corrected chi connectivity index (χ3v) is 4.01. The van der Waals surface area contributed by atoms with E-state index in [1.54, 1.807) is 24.1 Å². The number of nitrogens with zero attached hydrogens (tertiary/aromatic N) is 1. The summed E-state index contributed by atoms with van der Waals surface area (Å²) in [6, 6.07) is 3.37. The maximum atomic E-state index is 12.5. The molecule has 0 aliphatic carbocycles. The molecule has 1 atom stereocenters. The predicted octanol–water partition coefficient (Wildman–Crippen LogP) is 2.70. The lowest BCUT2D eigenvalue weighted by Crippen LogP contribution is -2.31. The molecule has 6 heteroatoms. The van der Waals surface area contributed by atoms with Crippen molar-refractivity contribution < 1.29 is 14.3 Å². The number of halogens is 1. The predicted molar refractivity (Wildman–Crippen MR) is 86.9 cm³/mol. The van der Waals surface area contributed by atoms with Crippen molar-refractivity contribution in [2.24, 2.45) is 5.73 Å². The summed E-state index contributed by atoms with van der Waals surface area (Å²) < 4.78 is 11.0. The molecule has 22 heavy (non-hydrogen) atoms. The largest absolute Gasteiger partial charge is 0.493 e. The second-order valence-corrected chi connectivity index (χ2v) is 5.90. The van der Waals surface area contributed by atoms with Crippen LogP contribution in [0.5, 0.6) is 11.5 Å². The Morgan fingerprint density at radius 2 is 2.27 bits per heavy atom. The Balaban J connectivity index is 2.19. The third kappa shape index (κ3) is 3.84. The molecule has 2 rings (SSSR count). The Hall–Kier alpha value is -1.46. The van der Waals surface area contributed by atoms with Crippen molar-refractivity contribution in [3.63, 3.8) is 0 Å². The van der Waals surface area contributed by atoms with Crippen LogP contribution < -0.4 is 15.2 Å². The monoisotopic (exact) mass is 326 g/mol. The van der Waals surface area contributed by atoms with Crippen LogP contribution in [0.1, 0.15) is 36.5 Å². The second kappa shape index (κ2) is 7.70. The molecule has 1 fully saturated rings. The van der Waals surface area contributed by atoms with Gasteiger partial charge in [-0.15, -0.1) is 0 Å². The Bertz CT molecular complexity index is 536. The fraction of sp³-hybridized carbons (Fsp3) is 0.562. The summed E-state index contributed by atoms with van der Waals surface area (Å²) in [6.45, 7) is 3.91. The van der Waals surface area contributed by atoms with Crippen molar-refractivity contribution >= 4 is 17.5 Å². The lowest BCUT2D eigenvalue weighted by Gasteiger charge is -2.18. The molecular weight excluding hydrogens is 304 g/mol. The third-order valence-electron chi connectivity index (χ3n) is 3.73. The molecule has 1 amide bonds. The molecule has 1 unspecified atom stereocenters. The van der Waals surface area contributed by atoms with Gasteiger partial charge in [-0.2, -0.15) is 0 Å². The Kier molecular flexibility index (Phi) is 5.91. The molecule has 0 bridgehead atoms. The quantitative estimate of drug-likeness (QED) is 0.816. The number of carbonyl (C=O) groups excluding carboxylic acids is 1. The number of unbranched alkanes of at least 4 members (excludes halogenated alkanes) is 1. The van der Waals surface area contributed by atoms with Crippen molar-refractivity contribution in [3.05, 3.63) is 22.7 Å². The van der Waals surface area contributed by atoms with Crippen LogP contribution >= 0.6 is 11.6 Å². The van der Waals surface area contributed by atoms with Crippen LogP contribution in [0, 0.1) is 0 Å². The number of amides is 1. The highest BCUT2D eigenvalue weighted by atomic mass is 35.5. The first-order valence-corrected chi connectivity index (χ1v) is 7.99. The molecule has 5 nitrogen and oxygen atoms in total. The number of likely N-dealkylation sites (tertiary alicyclic amines) is 1. The molecule has 0 aromatic heterocycles. The van der Waals surface area contributed by atoms with Crippen LogP contribution in [-0.2, 0) is 0 Å². The molecule has 1 heterocycles. The van der Waals surface area contributed by atoms with Crippen molar-refractivity contribution in [2.45, 2.75) is 32.2 Å². The first-order valence-electron chi connectivity index (χ1n) is 7.62. The van der Waals surface area contributed by atoms with E-state index in [4.69, 9.17) is 26.8 Å². The van der Waals surface area contributed by atoms with Crippen LogP contribution in [0.25, 0.3) is 0 Å². The number of benzene rings is 1. The number of hydrogen-bond donors (Lipinski definition) is 1. The fourth-order valence-electron chi connectivity index (χ4n) is 2.46. The van der Waals surface area contributed by atoms with Crippen LogP contribution in [0.3, 0.4) is 0 Å². The van der Waals surface area contributed by atoms with Gasteiger partial charge >= 0.3 is 0 Å². The summed E-state index contributed by atoms with van der Waals surface area (Å²) in [6.07, 6.45) is 2.80. The van der Waals surface area contributed by atoms with Gasteiger partial charge in [-0.05, 0) is 25.0 Å². The zero-order valence-corrected chi connectivity index (χ0v) is 13.9. The molecule has 0 radical (unpaired) electrons. The van der Waals surface area contributed by atoms with Crippen molar-refractivity contribution in [1.82, 2.24) is 4.90 Å². The van der Waals surface area contributed by atoms with Gasteiger partial charge in [-0.25, -0.2) is 0 Å². The smallest absolute Gasteiger partial charge is 0.254 e. The lowest BCUT2D eigenvalue weighted by molar-refractivity contribution is 0.0790. The Morgan fingerprint density at radius 3 is 2.86 bits per heavy atom. The number of rotatable bonds is 6. The highest BCUT2D eigenvalue weighted by molar-refractivity contribution is 6.32. The van der Waals surface area contributed by atoms with Crippen LogP contribution in [-0.4, -0.2) is 43.7 Å². The molecule has 1 saturated heterocycles. The maximum absolute atomic E-state index is 12.5. The Morgan fingerprint density at radius 1 is 1.50 bits per heavy atom. The number of nitrogens with two attached hydrogens (primary N) is 1. The van der Waals surface area contributed by atoms with E-state index in [2.05, 4.69) is 6.92 Å². The Labute approximate surface area is 136 Å². The molecule has 1 aromatic carbocycles. The minimum absolute atomic E-state index is 0.0537. The van der Waals surface area contributed by atoms with Gasteiger partial charge < -0.3 is 20.1 Å². The van der Waals surface area contributed by atoms with Crippen molar-refractivity contribution in [3.8, 4) is 11.5 Å². The van der Waals surface area contributed by atoms with Gasteiger partial charge in [-0.3, -0.25) is 4.79 Å². The number of methoxy groups -OCH3 is 1. The van der Waals surface area contributed by atoms with Gasteiger partial charge in [0.2, 0.25) is 0 Å². The van der Waals surface area contributed by atoms with Crippen LogP contribution in [0.4, 0.5) is 0 Å². The van der Waals surface area contributed by atoms with Gasteiger partial charge in [0.25, 0.3) is 5.91 Å². The van der Waals surface area contributed by atoms with E-state index in [1.807, 2.05) is 0 Å². The minimum atomic E-state index is -0.0757. The molecule has 0 saturated carbocycles. The van der Waals surface area contributed by atoms with E-state index in [0.717, 1.165) is 19.3 Å². The van der Waals surface area contributed by atoms with E-state index in [0.29, 0.717) is 41.8 Å². The number of carbonyl (C=O) groups is 1. The van der Waals surface area contributed by atoms with E-state index in [9.17, 15) is 4.79 Å². The fourth-order valence-corrected chi connectivity index (χ4v) is 2.72. The molecule has 122 valence electrons. The first kappa shape index (κ1) is 16.9. The topological polar surface area (TPSA) is 64.8 Å². The molecule has 1 aromatic rings. The lowest BCUT2D eigenvalue weighted by atomic mass is 10.1. The summed E-state index contributed by atoms with van der Waals surface area (Å²) in [5, 5.41) is 0.391. The summed E-state index contributed by atoms with van der Waals surface area (Å²) in [5.41, 5.74) is 6.35. The van der Waals surface area contributed by atoms with Crippen molar-refractivity contribution in [2.75, 3.05) is 26.8 Å². The summed E-state index contributed by atoms with van der Waals surface area (Å²) >= 11 is 6.27. The molecular formula is C16H23ClN2O3. The first-order chi connectivity index (χ1) is 10.6. The summed E-state index contributed by atoms with van der Waals surface area (Å²) in [5.74, 6) is 0.899. The molecule has 0 spiro atoms. The zero-order valence-electron chi connectivity index (χ0n) is 13.1. The molecule has 1 aliphatic rings. The zero-order chi connectivity index (χ0) is 16.1. The standard InChI is InChI=1S/C16H23ClN2O3/c1-3-4-7-22-15-13(17)8-11(9-14(15)21-2)16(20)19-6-5-12(18)10-19/h8-9,12H,3-7,10,18H2,1-2H3. The van der Waals surface area contributed by atoms with Gasteiger partial charge in [0.15, 0.2) is 11.5 Å². The average molecular weight is 327 g/mol. The van der Waals surface area contributed by atoms with E-state index < -0.39 is 0 Å². The average Bonchev–Trinajstić information content (AvgIpc) is 2.94. The minimum Gasteiger partial charge on any atom is -0.493 e. The summed E-state index contributed by atoms with van der Waals surface area (Å²) in [4.78, 5) is 14.2.